The van der Waals surface area contributed by atoms with Crippen LogP contribution in [0.4, 0.5) is 0 Å². The minimum Gasteiger partial charge on any atom is -0.311 e. The van der Waals surface area contributed by atoms with E-state index in [0.717, 1.165) is 18.6 Å². The van der Waals surface area contributed by atoms with Crippen molar-refractivity contribution in [2.24, 2.45) is 0 Å². The van der Waals surface area contributed by atoms with Crippen LogP contribution in [0.1, 0.15) is 31.2 Å². The first kappa shape index (κ1) is 12.4. The lowest BCUT2D eigenvalue weighted by molar-refractivity contribution is 0.166. The number of pyridine rings is 1. The molecule has 2 atom stereocenters. The van der Waals surface area contributed by atoms with Gasteiger partial charge in [-0.1, -0.05) is 17.7 Å². The maximum absolute atomic E-state index is 5.81. The molecule has 0 saturated carbocycles. The van der Waals surface area contributed by atoms with Gasteiger partial charge in [-0.05, 0) is 44.4 Å². The average molecular weight is 266 g/mol. The van der Waals surface area contributed by atoms with Crippen molar-refractivity contribution in [1.29, 1.82) is 0 Å². The summed E-state index contributed by atoms with van der Waals surface area (Å²) in [6, 6.07) is 6.15. The predicted molar refractivity (Wildman–Crippen MR) is 73.7 cm³/mol. The van der Waals surface area contributed by atoms with Gasteiger partial charge in [-0.3, -0.25) is 4.90 Å². The molecule has 3 nitrogen and oxygen atoms in total. The lowest BCUT2D eigenvalue weighted by Crippen LogP contribution is -2.46. The van der Waals surface area contributed by atoms with Gasteiger partial charge in [-0.15, -0.1) is 0 Å². The van der Waals surface area contributed by atoms with Gasteiger partial charge in [0.1, 0.15) is 5.15 Å². The summed E-state index contributed by atoms with van der Waals surface area (Å²) in [5.74, 6) is 0. The van der Waals surface area contributed by atoms with Crippen molar-refractivity contribution in [2.75, 3.05) is 7.05 Å². The summed E-state index contributed by atoms with van der Waals surface area (Å²) in [4.78, 5) is 6.62. The molecule has 98 valence electrons. The molecule has 2 aliphatic heterocycles. The standard InChI is InChI=1S/C14H20ClN3/c1-18(9-10-2-5-14(15)16-8-10)13-6-11-3-4-12(7-13)17-11/h2,5,8,11-13,17H,3-4,6-7,9H2,1H3. The Kier molecular flexibility index (Phi) is 3.55. The summed E-state index contributed by atoms with van der Waals surface area (Å²) in [6.45, 7) is 0.967. The fourth-order valence-corrected chi connectivity index (χ4v) is 3.42. The number of hydrogen-bond donors (Lipinski definition) is 1. The topological polar surface area (TPSA) is 28.2 Å². The van der Waals surface area contributed by atoms with Crippen LogP contribution in [0, 0.1) is 0 Å². The Labute approximate surface area is 114 Å². The minimum atomic E-state index is 0.571. The normalized spacial score (nSPS) is 30.9. The molecule has 0 amide bonds. The quantitative estimate of drug-likeness (QED) is 0.851. The highest BCUT2D eigenvalue weighted by molar-refractivity contribution is 6.29. The lowest BCUT2D eigenvalue weighted by atomic mass is 9.98. The Morgan fingerprint density at radius 1 is 1.33 bits per heavy atom. The van der Waals surface area contributed by atoms with Gasteiger partial charge in [0.25, 0.3) is 0 Å². The average Bonchev–Trinajstić information content (AvgIpc) is 2.71. The van der Waals surface area contributed by atoms with E-state index in [1.807, 2.05) is 12.3 Å². The third-order valence-electron chi connectivity index (χ3n) is 4.29. The molecule has 1 aromatic rings. The summed E-state index contributed by atoms with van der Waals surface area (Å²) in [5.41, 5.74) is 1.24. The van der Waals surface area contributed by atoms with E-state index >= 15 is 0 Å². The second-order valence-corrected chi connectivity index (χ2v) is 6.05. The van der Waals surface area contributed by atoms with Crippen LogP contribution < -0.4 is 5.32 Å². The molecule has 2 fully saturated rings. The van der Waals surface area contributed by atoms with Crippen molar-refractivity contribution in [3.05, 3.63) is 29.0 Å². The molecule has 0 radical (unpaired) electrons. The van der Waals surface area contributed by atoms with Gasteiger partial charge in [-0.2, -0.15) is 0 Å². The number of hydrogen-bond acceptors (Lipinski definition) is 3. The van der Waals surface area contributed by atoms with E-state index in [1.165, 1.54) is 31.2 Å². The summed E-state index contributed by atoms with van der Waals surface area (Å²) in [5, 5.41) is 4.26. The summed E-state index contributed by atoms with van der Waals surface area (Å²) >= 11 is 5.81. The fraction of sp³-hybridized carbons (Fsp3) is 0.643. The number of rotatable bonds is 3. The van der Waals surface area contributed by atoms with E-state index in [1.54, 1.807) is 0 Å². The lowest BCUT2D eigenvalue weighted by Gasteiger charge is -2.35. The number of nitrogens with zero attached hydrogens (tertiary/aromatic N) is 2. The van der Waals surface area contributed by atoms with E-state index in [4.69, 9.17) is 11.6 Å². The first-order chi connectivity index (χ1) is 8.70. The van der Waals surface area contributed by atoms with Crippen LogP contribution in [0.15, 0.2) is 18.3 Å². The van der Waals surface area contributed by atoms with Crippen molar-refractivity contribution in [2.45, 2.75) is 50.4 Å². The number of aromatic nitrogens is 1. The van der Waals surface area contributed by atoms with Crippen molar-refractivity contribution >= 4 is 11.6 Å². The first-order valence-corrected chi connectivity index (χ1v) is 7.15. The summed E-state index contributed by atoms with van der Waals surface area (Å²) in [7, 11) is 2.23. The molecule has 4 heteroatoms. The molecule has 2 saturated heterocycles. The number of fused-ring (bicyclic) bond motifs is 2. The molecule has 3 rings (SSSR count). The molecule has 2 bridgehead atoms. The first-order valence-electron chi connectivity index (χ1n) is 6.77. The number of nitrogens with one attached hydrogen (secondary N) is 1. The molecule has 0 aliphatic carbocycles. The maximum atomic E-state index is 5.81. The van der Waals surface area contributed by atoms with Crippen LogP contribution in [-0.2, 0) is 6.54 Å². The SMILES string of the molecule is CN(Cc1ccc(Cl)nc1)C1CC2CCC(C1)N2. The van der Waals surface area contributed by atoms with Crippen molar-refractivity contribution in [3.63, 3.8) is 0 Å². The third kappa shape index (κ3) is 2.68. The van der Waals surface area contributed by atoms with Crippen LogP contribution in [0.25, 0.3) is 0 Å². The smallest absolute Gasteiger partial charge is 0.129 e. The predicted octanol–water partition coefficient (Wildman–Crippen LogP) is 2.45. The van der Waals surface area contributed by atoms with Gasteiger partial charge < -0.3 is 5.32 Å². The van der Waals surface area contributed by atoms with Crippen LogP contribution >= 0.6 is 11.6 Å². The van der Waals surface area contributed by atoms with Crippen LogP contribution in [0.5, 0.6) is 0 Å². The second kappa shape index (κ2) is 5.16. The van der Waals surface area contributed by atoms with Gasteiger partial charge in [0.15, 0.2) is 0 Å². The molecule has 2 aliphatic rings. The molecule has 0 aromatic carbocycles. The molecule has 2 unspecified atom stereocenters. The highest BCUT2D eigenvalue weighted by atomic mass is 35.5. The van der Waals surface area contributed by atoms with E-state index in [0.29, 0.717) is 11.2 Å². The van der Waals surface area contributed by atoms with Crippen LogP contribution in [0.2, 0.25) is 5.15 Å². The minimum absolute atomic E-state index is 0.571. The highest BCUT2D eigenvalue weighted by Crippen LogP contribution is 2.29. The molecule has 1 aromatic heterocycles. The highest BCUT2D eigenvalue weighted by Gasteiger charge is 2.34. The monoisotopic (exact) mass is 265 g/mol. The number of halogens is 1. The maximum Gasteiger partial charge on any atom is 0.129 e. The Hall–Kier alpha value is -0.640. The van der Waals surface area contributed by atoms with E-state index in [9.17, 15) is 0 Å². The van der Waals surface area contributed by atoms with Gasteiger partial charge >= 0.3 is 0 Å². The largest absolute Gasteiger partial charge is 0.311 e. The Bertz CT molecular complexity index is 394. The van der Waals surface area contributed by atoms with E-state index in [-0.39, 0.29) is 0 Å². The number of piperidine rings is 1. The summed E-state index contributed by atoms with van der Waals surface area (Å²) in [6.07, 6.45) is 7.17. The molecule has 18 heavy (non-hydrogen) atoms. The van der Waals surface area contributed by atoms with Crippen LogP contribution in [0.3, 0.4) is 0 Å². The molecular formula is C14H20ClN3. The fourth-order valence-electron chi connectivity index (χ4n) is 3.30. The van der Waals surface area contributed by atoms with Crippen molar-refractivity contribution in [3.8, 4) is 0 Å². The second-order valence-electron chi connectivity index (χ2n) is 5.67. The Balaban J connectivity index is 1.61. The zero-order chi connectivity index (χ0) is 12.5. The molecule has 1 N–H and O–H groups in total. The zero-order valence-electron chi connectivity index (χ0n) is 10.8. The van der Waals surface area contributed by atoms with E-state index < -0.39 is 0 Å². The van der Waals surface area contributed by atoms with Crippen LogP contribution in [-0.4, -0.2) is 35.1 Å². The molecule has 3 heterocycles. The third-order valence-corrected chi connectivity index (χ3v) is 4.52. The van der Waals surface area contributed by atoms with Crippen molar-refractivity contribution in [1.82, 2.24) is 15.2 Å². The molecule has 0 spiro atoms. The molecular weight excluding hydrogens is 246 g/mol. The van der Waals surface area contributed by atoms with E-state index in [2.05, 4.69) is 28.3 Å². The van der Waals surface area contributed by atoms with Gasteiger partial charge in [0, 0.05) is 30.9 Å². The summed E-state index contributed by atoms with van der Waals surface area (Å²) < 4.78 is 0. The van der Waals surface area contributed by atoms with Gasteiger partial charge in [0.2, 0.25) is 0 Å². The zero-order valence-corrected chi connectivity index (χ0v) is 11.5. The van der Waals surface area contributed by atoms with Gasteiger partial charge in [-0.25, -0.2) is 4.98 Å². The Morgan fingerprint density at radius 3 is 2.67 bits per heavy atom. The Morgan fingerprint density at radius 2 is 2.06 bits per heavy atom. The van der Waals surface area contributed by atoms with Gasteiger partial charge in [0.05, 0.1) is 0 Å². The van der Waals surface area contributed by atoms with Crippen molar-refractivity contribution < 1.29 is 0 Å².